The Bertz CT molecular complexity index is 774. The minimum atomic E-state index is 0.568. The van der Waals surface area contributed by atoms with Crippen molar-refractivity contribution in [1.82, 2.24) is 9.55 Å². The number of rotatable bonds is 1. The van der Waals surface area contributed by atoms with Crippen molar-refractivity contribution in [2.75, 3.05) is 5.73 Å². The summed E-state index contributed by atoms with van der Waals surface area (Å²) in [5.41, 5.74) is 10.8. The smallest absolute Gasteiger partial charge is 0.140 e. The van der Waals surface area contributed by atoms with E-state index in [1.54, 1.807) is 6.07 Å². The number of para-hydroxylation sites is 1. The maximum atomic E-state index is 5.96. The molecule has 0 aliphatic rings. The molecule has 96 valence electrons. The fourth-order valence-corrected chi connectivity index (χ4v) is 2.52. The number of benzene rings is 2. The maximum Gasteiger partial charge on any atom is 0.140 e. The van der Waals surface area contributed by atoms with Crippen LogP contribution >= 0.6 is 11.6 Å². The minimum Gasteiger partial charge on any atom is -0.398 e. The first-order chi connectivity index (χ1) is 9.08. The molecule has 0 radical (unpaired) electrons. The number of imidazole rings is 1. The molecule has 0 saturated carbocycles. The van der Waals surface area contributed by atoms with Gasteiger partial charge in [-0.2, -0.15) is 0 Å². The molecule has 0 aliphatic carbocycles. The highest BCUT2D eigenvalue weighted by molar-refractivity contribution is 6.33. The number of hydrogen-bond acceptors (Lipinski definition) is 2. The van der Waals surface area contributed by atoms with Crippen molar-refractivity contribution in [3.63, 3.8) is 0 Å². The second-order valence-corrected chi connectivity index (χ2v) is 5.08. The van der Waals surface area contributed by atoms with Crippen LogP contribution in [0.25, 0.3) is 22.4 Å². The first-order valence-corrected chi connectivity index (χ1v) is 6.43. The summed E-state index contributed by atoms with van der Waals surface area (Å²) in [6.45, 7) is 2.09. The van der Waals surface area contributed by atoms with Crippen LogP contribution in [-0.2, 0) is 7.05 Å². The fourth-order valence-electron chi connectivity index (χ4n) is 2.41. The van der Waals surface area contributed by atoms with Crippen molar-refractivity contribution < 1.29 is 0 Å². The zero-order valence-electron chi connectivity index (χ0n) is 10.8. The third-order valence-corrected chi connectivity index (χ3v) is 3.69. The third-order valence-electron chi connectivity index (χ3n) is 3.35. The lowest BCUT2D eigenvalue weighted by atomic mass is 10.2. The van der Waals surface area contributed by atoms with Crippen LogP contribution in [0, 0.1) is 6.92 Å². The van der Waals surface area contributed by atoms with Gasteiger partial charge >= 0.3 is 0 Å². The largest absolute Gasteiger partial charge is 0.398 e. The van der Waals surface area contributed by atoms with Crippen molar-refractivity contribution in [3.05, 3.63) is 47.0 Å². The van der Waals surface area contributed by atoms with Gasteiger partial charge in [0.1, 0.15) is 5.82 Å². The van der Waals surface area contributed by atoms with E-state index in [1.165, 1.54) is 5.56 Å². The van der Waals surface area contributed by atoms with Crippen LogP contribution in [0.15, 0.2) is 36.4 Å². The molecular weight excluding hydrogens is 258 g/mol. The quantitative estimate of drug-likeness (QED) is 0.685. The Balaban J connectivity index is 2.28. The summed E-state index contributed by atoms with van der Waals surface area (Å²) in [6.07, 6.45) is 0. The second-order valence-electron chi connectivity index (χ2n) is 4.67. The molecule has 3 rings (SSSR count). The summed E-state index contributed by atoms with van der Waals surface area (Å²) in [5, 5.41) is 0.568. The third kappa shape index (κ3) is 1.87. The van der Waals surface area contributed by atoms with E-state index in [9.17, 15) is 0 Å². The van der Waals surface area contributed by atoms with Gasteiger partial charge in [0.25, 0.3) is 0 Å². The number of nitrogens with zero attached hydrogens (tertiary/aromatic N) is 2. The molecule has 1 aromatic heterocycles. The van der Waals surface area contributed by atoms with Crippen molar-refractivity contribution in [2.45, 2.75) is 6.92 Å². The number of nitrogen functional groups attached to an aromatic ring is 1. The SMILES string of the molecule is Cc1cccc2nc(-c3ccc(Cl)c(N)c3)n(C)c12. The first kappa shape index (κ1) is 12.1. The highest BCUT2D eigenvalue weighted by Crippen LogP contribution is 2.29. The van der Waals surface area contributed by atoms with Gasteiger partial charge < -0.3 is 10.3 Å². The number of fused-ring (bicyclic) bond motifs is 1. The maximum absolute atomic E-state index is 5.96. The Labute approximate surface area is 116 Å². The lowest BCUT2D eigenvalue weighted by Gasteiger charge is -2.05. The van der Waals surface area contributed by atoms with Crippen molar-refractivity contribution in [1.29, 1.82) is 0 Å². The summed E-state index contributed by atoms with van der Waals surface area (Å²) >= 11 is 5.96. The second kappa shape index (κ2) is 4.28. The van der Waals surface area contributed by atoms with Gasteiger partial charge in [0.2, 0.25) is 0 Å². The Kier molecular flexibility index (Phi) is 2.72. The molecule has 0 saturated heterocycles. The topological polar surface area (TPSA) is 43.8 Å². The van der Waals surface area contributed by atoms with Crippen molar-refractivity contribution in [2.24, 2.45) is 7.05 Å². The molecule has 2 N–H and O–H groups in total. The van der Waals surface area contributed by atoms with Crippen LogP contribution in [0.5, 0.6) is 0 Å². The van der Waals surface area contributed by atoms with Crippen LogP contribution in [-0.4, -0.2) is 9.55 Å². The van der Waals surface area contributed by atoms with Gasteiger partial charge in [-0.3, -0.25) is 0 Å². The van der Waals surface area contributed by atoms with Gasteiger partial charge in [-0.1, -0.05) is 23.7 Å². The van der Waals surface area contributed by atoms with Crippen molar-refractivity contribution in [3.8, 4) is 11.4 Å². The summed E-state index contributed by atoms with van der Waals surface area (Å²) in [7, 11) is 2.02. The monoisotopic (exact) mass is 271 g/mol. The van der Waals surface area contributed by atoms with Gasteiger partial charge in [0.05, 0.1) is 21.7 Å². The van der Waals surface area contributed by atoms with Gasteiger partial charge in [0.15, 0.2) is 0 Å². The highest BCUT2D eigenvalue weighted by atomic mass is 35.5. The van der Waals surface area contributed by atoms with Gasteiger partial charge in [-0.25, -0.2) is 4.98 Å². The number of halogens is 1. The molecule has 0 amide bonds. The van der Waals surface area contributed by atoms with E-state index in [1.807, 2.05) is 31.3 Å². The molecule has 19 heavy (non-hydrogen) atoms. The number of aromatic nitrogens is 2. The summed E-state index contributed by atoms with van der Waals surface area (Å²) in [5.74, 6) is 0.896. The van der Waals surface area contributed by atoms with Crippen LogP contribution in [0.2, 0.25) is 5.02 Å². The van der Waals surface area contributed by atoms with Gasteiger partial charge in [-0.05, 0) is 36.8 Å². The number of anilines is 1. The number of hydrogen-bond donors (Lipinski definition) is 1. The molecule has 0 atom stereocenters. The molecule has 3 aromatic rings. The summed E-state index contributed by atoms with van der Waals surface area (Å²) in [6, 6.07) is 11.7. The predicted octanol–water partition coefficient (Wildman–Crippen LogP) is 3.78. The Hall–Kier alpha value is -2.00. The minimum absolute atomic E-state index is 0.568. The molecule has 0 unspecified atom stereocenters. The van der Waals surface area contributed by atoms with E-state index in [0.29, 0.717) is 10.7 Å². The van der Waals surface area contributed by atoms with Crippen LogP contribution in [0.3, 0.4) is 0 Å². The summed E-state index contributed by atoms with van der Waals surface area (Å²) < 4.78 is 2.09. The number of aryl methyl sites for hydroxylation is 2. The lowest BCUT2D eigenvalue weighted by Crippen LogP contribution is -1.95. The Morgan fingerprint density at radius 3 is 2.68 bits per heavy atom. The zero-order chi connectivity index (χ0) is 13.6. The summed E-state index contributed by atoms with van der Waals surface area (Å²) in [4.78, 5) is 4.68. The van der Waals surface area contributed by atoms with Gasteiger partial charge in [-0.15, -0.1) is 0 Å². The average Bonchev–Trinajstić information content (AvgIpc) is 2.72. The molecule has 0 bridgehead atoms. The zero-order valence-corrected chi connectivity index (χ0v) is 11.6. The molecule has 2 aromatic carbocycles. The van der Waals surface area contributed by atoms with Crippen LogP contribution in [0.1, 0.15) is 5.56 Å². The van der Waals surface area contributed by atoms with E-state index >= 15 is 0 Å². The average molecular weight is 272 g/mol. The molecular formula is C15H14ClN3. The van der Waals surface area contributed by atoms with E-state index in [-0.39, 0.29) is 0 Å². The van der Waals surface area contributed by atoms with E-state index in [0.717, 1.165) is 22.4 Å². The number of nitrogens with two attached hydrogens (primary N) is 1. The normalized spacial score (nSPS) is 11.1. The van der Waals surface area contributed by atoms with E-state index in [2.05, 4.69) is 22.5 Å². The van der Waals surface area contributed by atoms with Gasteiger partial charge in [0, 0.05) is 12.6 Å². The molecule has 0 spiro atoms. The standard InChI is InChI=1S/C15H14ClN3/c1-9-4-3-5-13-14(9)19(2)15(18-13)10-6-7-11(16)12(17)8-10/h3-8H,17H2,1-2H3. The molecule has 1 heterocycles. The lowest BCUT2D eigenvalue weighted by molar-refractivity contribution is 0.955. The fraction of sp³-hybridized carbons (Fsp3) is 0.133. The van der Waals surface area contributed by atoms with E-state index in [4.69, 9.17) is 17.3 Å². The van der Waals surface area contributed by atoms with Crippen LogP contribution < -0.4 is 5.73 Å². The predicted molar refractivity (Wildman–Crippen MR) is 80.3 cm³/mol. The molecule has 0 fully saturated rings. The molecule has 0 aliphatic heterocycles. The molecule has 4 heteroatoms. The Morgan fingerprint density at radius 1 is 1.21 bits per heavy atom. The highest BCUT2D eigenvalue weighted by Gasteiger charge is 2.12. The first-order valence-electron chi connectivity index (χ1n) is 6.05. The van der Waals surface area contributed by atoms with Crippen LogP contribution in [0.4, 0.5) is 5.69 Å². The van der Waals surface area contributed by atoms with E-state index < -0.39 is 0 Å². The molecule has 3 nitrogen and oxygen atoms in total. The Morgan fingerprint density at radius 2 is 2.00 bits per heavy atom. The van der Waals surface area contributed by atoms with Crippen molar-refractivity contribution >= 4 is 28.3 Å².